The van der Waals surface area contributed by atoms with Crippen molar-refractivity contribution in [2.24, 2.45) is 0 Å². The number of hydrogen-bond donors (Lipinski definition) is 1. The number of sulfonamides is 1. The van der Waals surface area contributed by atoms with Crippen molar-refractivity contribution in [3.8, 4) is 0 Å². The number of anilines is 1. The number of fused-ring (bicyclic) bond motifs is 1. The Labute approximate surface area is 198 Å². The number of nitrogens with one attached hydrogen (secondary N) is 1. The summed E-state index contributed by atoms with van der Waals surface area (Å²) >= 11 is 0. The SMILES string of the molecule is CC(C)(C)c1ccc(C(=O)c2cccc(NC(=O)CN3C(=O)c4ccccc4S3(=O)=O)c2)cc1. The first-order valence-electron chi connectivity index (χ1n) is 10.7. The minimum atomic E-state index is -4.09. The van der Waals surface area contributed by atoms with Gasteiger partial charge in [0.05, 0.1) is 5.56 Å². The Morgan fingerprint density at radius 3 is 2.21 bits per heavy atom. The Morgan fingerprint density at radius 2 is 1.56 bits per heavy atom. The topological polar surface area (TPSA) is 101 Å². The maximum Gasteiger partial charge on any atom is 0.269 e. The van der Waals surface area contributed by atoms with E-state index in [0.29, 0.717) is 21.1 Å². The molecule has 1 N–H and O–H groups in total. The van der Waals surface area contributed by atoms with E-state index in [9.17, 15) is 22.8 Å². The third-order valence-electron chi connectivity index (χ3n) is 5.62. The van der Waals surface area contributed by atoms with Gasteiger partial charge < -0.3 is 5.32 Å². The lowest BCUT2D eigenvalue weighted by Gasteiger charge is -2.19. The van der Waals surface area contributed by atoms with Crippen LogP contribution in [0.3, 0.4) is 0 Å². The van der Waals surface area contributed by atoms with Crippen molar-refractivity contribution >= 4 is 33.3 Å². The van der Waals surface area contributed by atoms with Crippen molar-refractivity contribution in [2.45, 2.75) is 31.1 Å². The molecule has 174 valence electrons. The fourth-order valence-corrected chi connectivity index (χ4v) is 5.27. The molecular formula is C26H24N2O5S. The average Bonchev–Trinajstić information content (AvgIpc) is 2.99. The minimum absolute atomic E-state index is 0.0304. The summed E-state index contributed by atoms with van der Waals surface area (Å²) in [7, 11) is -4.09. The molecule has 7 nitrogen and oxygen atoms in total. The van der Waals surface area contributed by atoms with Crippen LogP contribution in [0.2, 0.25) is 0 Å². The van der Waals surface area contributed by atoms with Gasteiger partial charge >= 0.3 is 0 Å². The highest BCUT2D eigenvalue weighted by Gasteiger charge is 2.41. The summed E-state index contributed by atoms with van der Waals surface area (Å²) in [6, 6.07) is 19.6. The summed E-state index contributed by atoms with van der Waals surface area (Å²) in [4.78, 5) is 37.9. The molecule has 0 aliphatic carbocycles. The van der Waals surface area contributed by atoms with Gasteiger partial charge in [0.25, 0.3) is 15.9 Å². The molecule has 0 spiro atoms. The van der Waals surface area contributed by atoms with Crippen molar-refractivity contribution in [1.29, 1.82) is 0 Å². The Morgan fingerprint density at radius 1 is 0.882 bits per heavy atom. The molecule has 0 saturated heterocycles. The third-order valence-corrected chi connectivity index (χ3v) is 7.41. The lowest BCUT2D eigenvalue weighted by molar-refractivity contribution is -0.116. The summed E-state index contributed by atoms with van der Waals surface area (Å²) in [5.41, 5.74) is 2.33. The van der Waals surface area contributed by atoms with Gasteiger partial charge in [-0.3, -0.25) is 14.4 Å². The molecular weight excluding hydrogens is 452 g/mol. The second kappa shape index (κ2) is 8.53. The fourth-order valence-electron chi connectivity index (χ4n) is 3.74. The van der Waals surface area contributed by atoms with E-state index in [4.69, 9.17) is 0 Å². The average molecular weight is 477 g/mol. The molecule has 0 saturated carbocycles. The van der Waals surface area contributed by atoms with Crippen LogP contribution in [-0.4, -0.2) is 36.9 Å². The highest BCUT2D eigenvalue weighted by molar-refractivity contribution is 7.90. The molecule has 1 aliphatic heterocycles. The molecule has 34 heavy (non-hydrogen) atoms. The summed E-state index contributed by atoms with van der Waals surface area (Å²) in [6.07, 6.45) is 0. The Hall–Kier alpha value is -3.78. The number of benzene rings is 3. The van der Waals surface area contributed by atoms with E-state index in [1.54, 1.807) is 36.4 Å². The van der Waals surface area contributed by atoms with E-state index in [2.05, 4.69) is 26.1 Å². The summed E-state index contributed by atoms with van der Waals surface area (Å²) in [5.74, 6) is -1.64. The monoisotopic (exact) mass is 476 g/mol. The molecule has 0 atom stereocenters. The van der Waals surface area contributed by atoms with Crippen molar-refractivity contribution in [3.05, 3.63) is 95.1 Å². The zero-order valence-corrected chi connectivity index (χ0v) is 19.8. The van der Waals surface area contributed by atoms with Crippen LogP contribution >= 0.6 is 0 Å². The number of carbonyl (C=O) groups excluding carboxylic acids is 3. The van der Waals surface area contributed by atoms with Gasteiger partial charge in [-0.15, -0.1) is 0 Å². The molecule has 0 radical (unpaired) electrons. The third kappa shape index (κ3) is 4.36. The van der Waals surface area contributed by atoms with Crippen LogP contribution in [0.5, 0.6) is 0 Å². The maximum absolute atomic E-state index is 12.9. The van der Waals surface area contributed by atoms with E-state index >= 15 is 0 Å². The predicted molar refractivity (Wildman–Crippen MR) is 128 cm³/mol. The molecule has 0 unspecified atom stereocenters. The highest BCUT2D eigenvalue weighted by atomic mass is 32.2. The zero-order chi connectivity index (χ0) is 24.7. The van der Waals surface area contributed by atoms with Crippen molar-refractivity contribution in [3.63, 3.8) is 0 Å². The zero-order valence-electron chi connectivity index (χ0n) is 19.0. The van der Waals surface area contributed by atoms with E-state index in [0.717, 1.165) is 5.56 Å². The molecule has 4 rings (SSSR count). The maximum atomic E-state index is 12.9. The van der Waals surface area contributed by atoms with Crippen LogP contribution in [0.15, 0.2) is 77.7 Å². The molecule has 0 fully saturated rings. The number of amides is 2. The van der Waals surface area contributed by atoms with Crippen LogP contribution in [-0.2, 0) is 20.2 Å². The fraction of sp³-hybridized carbons (Fsp3) is 0.192. The first kappa shape index (κ1) is 23.4. The molecule has 3 aromatic rings. The van der Waals surface area contributed by atoms with Crippen LogP contribution < -0.4 is 5.32 Å². The van der Waals surface area contributed by atoms with Gasteiger partial charge in [0.15, 0.2) is 5.78 Å². The first-order chi connectivity index (χ1) is 16.0. The lowest BCUT2D eigenvalue weighted by Crippen LogP contribution is -2.37. The quantitative estimate of drug-likeness (QED) is 0.561. The van der Waals surface area contributed by atoms with E-state index in [1.165, 1.54) is 24.3 Å². The van der Waals surface area contributed by atoms with Crippen LogP contribution in [0.1, 0.15) is 52.6 Å². The summed E-state index contributed by atoms with van der Waals surface area (Å²) in [6.45, 7) is 5.61. The Bertz CT molecular complexity index is 1400. The molecule has 0 aromatic heterocycles. The van der Waals surface area contributed by atoms with E-state index in [1.807, 2.05) is 12.1 Å². The highest BCUT2D eigenvalue weighted by Crippen LogP contribution is 2.29. The van der Waals surface area contributed by atoms with E-state index < -0.39 is 28.4 Å². The van der Waals surface area contributed by atoms with E-state index in [-0.39, 0.29) is 21.7 Å². The van der Waals surface area contributed by atoms with Gasteiger partial charge in [-0.25, -0.2) is 12.7 Å². The van der Waals surface area contributed by atoms with Gasteiger partial charge in [-0.05, 0) is 35.2 Å². The number of nitrogens with zero attached hydrogens (tertiary/aromatic N) is 1. The smallest absolute Gasteiger partial charge is 0.269 e. The van der Waals surface area contributed by atoms with Crippen molar-refractivity contribution < 1.29 is 22.8 Å². The minimum Gasteiger partial charge on any atom is -0.324 e. The molecule has 8 heteroatoms. The standard InChI is InChI=1S/C26H24N2O5S/c1-26(2,3)19-13-11-17(12-14-19)24(30)18-7-6-8-20(15-18)27-23(29)16-28-25(31)21-9-4-5-10-22(21)34(28,32)33/h4-15H,16H2,1-3H3,(H,27,29). The Balaban J connectivity index is 1.48. The van der Waals surface area contributed by atoms with Crippen LogP contribution in [0, 0.1) is 0 Å². The molecule has 2 amide bonds. The van der Waals surface area contributed by atoms with Gasteiger partial charge in [0, 0.05) is 16.8 Å². The summed E-state index contributed by atoms with van der Waals surface area (Å²) < 4.78 is 25.9. The number of ketones is 1. The van der Waals surface area contributed by atoms with Crippen LogP contribution in [0.4, 0.5) is 5.69 Å². The summed E-state index contributed by atoms with van der Waals surface area (Å²) in [5, 5.41) is 2.58. The normalized spacial score (nSPS) is 14.6. The second-order valence-corrected chi connectivity index (χ2v) is 10.9. The predicted octanol–water partition coefficient (Wildman–Crippen LogP) is 4.00. The number of carbonyl (C=O) groups is 3. The molecule has 0 bridgehead atoms. The molecule has 1 heterocycles. The number of hydrogen-bond acceptors (Lipinski definition) is 5. The largest absolute Gasteiger partial charge is 0.324 e. The molecule has 3 aromatic carbocycles. The van der Waals surface area contributed by atoms with Gasteiger partial charge in [-0.1, -0.05) is 69.3 Å². The van der Waals surface area contributed by atoms with Gasteiger partial charge in [0.1, 0.15) is 11.4 Å². The van der Waals surface area contributed by atoms with Crippen molar-refractivity contribution in [2.75, 3.05) is 11.9 Å². The Kier molecular flexibility index (Phi) is 5.87. The van der Waals surface area contributed by atoms with Crippen LogP contribution in [0.25, 0.3) is 0 Å². The first-order valence-corrected chi connectivity index (χ1v) is 12.1. The van der Waals surface area contributed by atoms with Gasteiger partial charge in [-0.2, -0.15) is 0 Å². The number of rotatable bonds is 5. The van der Waals surface area contributed by atoms with Crippen molar-refractivity contribution in [1.82, 2.24) is 4.31 Å². The lowest BCUT2D eigenvalue weighted by atomic mass is 9.86. The molecule has 1 aliphatic rings. The second-order valence-electron chi connectivity index (χ2n) is 9.10. The van der Waals surface area contributed by atoms with Gasteiger partial charge in [0.2, 0.25) is 5.91 Å².